The van der Waals surface area contributed by atoms with Gasteiger partial charge in [-0.1, -0.05) is 28.1 Å². The first-order valence-corrected chi connectivity index (χ1v) is 8.92. The third-order valence-corrected chi connectivity index (χ3v) is 4.72. The molecular formula is C19H15BrN2O3S. The van der Waals surface area contributed by atoms with Crippen LogP contribution in [0.15, 0.2) is 52.5 Å². The van der Waals surface area contributed by atoms with E-state index in [1.807, 2.05) is 19.1 Å². The molecule has 1 aliphatic rings. The SMILES string of the molecule is COc1ccc(/C=C2\C(=O)NC(=S)N(c3cccc(Br)c3)C2=O)c(C)c1. The predicted molar refractivity (Wildman–Crippen MR) is 108 cm³/mol. The fourth-order valence-corrected chi connectivity index (χ4v) is 3.27. The quantitative estimate of drug-likeness (QED) is 0.459. The summed E-state index contributed by atoms with van der Waals surface area (Å²) in [6.07, 6.45) is 1.57. The molecule has 0 spiro atoms. The minimum Gasteiger partial charge on any atom is -0.497 e. The number of carbonyl (C=O) groups is 2. The van der Waals surface area contributed by atoms with Crippen LogP contribution in [0.1, 0.15) is 11.1 Å². The van der Waals surface area contributed by atoms with E-state index in [0.29, 0.717) is 11.4 Å². The van der Waals surface area contributed by atoms with Crippen molar-refractivity contribution >= 4 is 56.8 Å². The van der Waals surface area contributed by atoms with E-state index in [1.165, 1.54) is 4.90 Å². The van der Waals surface area contributed by atoms with Crippen LogP contribution in [0.5, 0.6) is 5.75 Å². The molecule has 1 aliphatic heterocycles. The van der Waals surface area contributed by atoms with Gasteiger partial charge in [-0.2, -0.15) is 0 Å². The van der Waals surface area contributed by atoms with Gasteiger partial charge in [-0.25, -0.2) is 0 Å². The number of aryl methyl sites for hydroxylation is 1. The van der Waals surface area contributed by atoms with E-state index in [-0.39, 0.29) is 10.7 Å². The smallest absolute Gasteiger partial charge is 0.270 e. The summed E-state index contributed by atoms with van der Waals surface area (Å²) in [7, 11) is 1.59. The lowest BCUT2D eigenvalue weighted by Crippen LogP contribution is -2.54. The molecule has 0 bridgehead atoms. The van der Waals surface area contributed by atoms with Gasteiger partial charge in [-0.15, -0.1) is 0 Å². The number of ether oxygens (including phenoxy) is 1. The molecule has 2 aromatic rings. The van der Waals surface area contributed by atoms with Crippen molar-refractivity contribution in [2.24, 2.45) is 0 Å². The van der Waals surface area contributed by atoms with Gasteiger partial charge in [0.1, 0.15) is 11.3 Å². The van der Waals surface area contributed by atoms with Crippen molar-refractivity contribution in [3.63, 3.8) is 0 Å². The van der Waals surface area contributed by atoms with Crippen molar-refractivity contribution < 1.29 is 14.3 Å². The molecule has 1 saturated heterocycles. The average Bonchev–Trinajstić information content (AvgIpc) is 2.59. The first-order valence-electron chi connectivity index (χ1n) is 7.72. The topological polar surface area (TPSA) is 58.6 Å². The number of rotatable bonds is 3. The number of halogens is 1. The first kappa shape index (κ1) is 18.3. The molecule has 3 rings (SSSR count). The summed E-state index contributed by atoms with van der Waals surface area (Å²) in [6.45, 7) is 1.89. The van der Waals surface area contributed by atoms with Crippen LogP contribution in [0.3, 0.4) is 0 Å². The Labute approximate surface area is 164 Å². The van der Waals surface area contributed by atoms with Gasteiger partial charge in [0.05, 0.1) is 12.8 Å². The Balaban J connectivity index is 2.03. The summed E-state index contributed by atoms with van der Waals surface area (Å²) in [5.41, 5.74) is 2.24. The van der Waals surface area contributed by atoms with Crippen LogP contribution in [-0.4, -0.2) is 24.0 Å². The Morgan fingerprint density at radius 1 is 1.19 bits per heavy atom. The lowest BCUT2D eigenvalue weighted by atomic mass is 10.0. The maximum Gasteiger partial charge on any atom is 0.270 e. The van der Waals surface area contributed by atoms with Gasteiger partial charge in [0.2, 0.25) is 0 Å². The Morgan fingerprint density at radius 2 is 1.96 bits per heavy atom. The summed E-state index contributed by atoms with van der Waals surface area (Å²) in [4.78, 5) is 26.6. The van der Waals surface area contributed by atoms with Gasteiger partial charge >= 0.3 is 0 Å². The summed E-state index contributed by atoms with van der Waals surface area (Å²) in [5, 5.41) is 2.64. The largest absolute Gasteiger partial charge is 0.497 e. The standard InChI is InChI=1S/C19H15BrN2O3S/c1-11-8-15(25-2)7-6-12(11)9-16-17(23)21-19(26)22(18(16)24)14-5-3-4-13(20)10-14/h3-10H,1-2H3,(H,21,23,26)/b16-9+. The first-order chi connectivity index (χ1) is 12.4. The summed E-state index contributed by atoms with van der Waals surface area (Å²) in [5.74, 6) is -0.269. The zero-order valence-corrected chi connectivity index (χ0v) is 16.5. The highest BCUT2D eigenvalue weighted by molar-refractivity contribution is 9.10. The maximum absolute atomic E-state index is 13.0. The van der Waals surface area contributed by atoms with Crippen LogP contribution in [-0.2, 0) is 9.59 Å². The lowest BCUT2D eigenvalue weighted by Gasteiger charge is -2.29. The summed E-state index contributed by atoms with van der Waals surface area (Å²) < 4.78 is 5.99. The van der Waals surface area contributed by atoms with Crippen LogP contribution in [0, 0.1) is 6.92 Å². The molecule has 0 aliphatic carbocycles. The van der Waals surface area contributed by atoms with Gasteiger partial charge in [-0.3, -0.25) is 19.8 Å². The van der Waals surface area contributed by atoms with Crippen LogP contribution in [0.2, 0.25) is 0 Å². The minimum atomic E-state index is -0.513. The highest BCUT2D eigenvalue weighted by Crippen LogP contribution is 2.26. The fourth-order valence-electron chi connectivity index (χ4n) is 2.60. The van der Waals surface area contributed by atoms with Crippen molar-refractivity contribution in [2.45, 2.75) is 6.92 Å². The van der Waals surface area contributed by atoms with E-state index in [1.54, 1.807) is 43.5 Å². The molecule has 2 aromatic carbocycles. The second-order valence-electron chi connectivity index (χ2n) is 5.66. The Hall–Kier alpha value is -2.51. The fraction of sp³-hybridized carbons (Fsp3) is 0.105. The van der Waals surface area contributed by atoms with Crippen molar-refractivity contribution in [3.8, 4) is 5.75 Å². The molecule has 1 N–H and O–H groups in total. The summed E-state index contributed by atoms with van der Waals surface area (Å²) in [6, 6.07) is 12.6. The third kappa shape index (κ3) is 3.54. The predicted octanol–water partition coefficient (Wildman–Crippen LogP) is 3.60. The van der Waals surface area contributed by atoms with E-state index in [9.17, 15) is 9.59 Å². The van der Waals surface area contributed by atoms with Crippen LogP contribution >= 0.6 is 28.1 Å². The van der Waals surface area contributed by atoms with Gasteiger partial charge in [0, 0.05) is 4.47 Å². The molecule has 7 heteroatoms. The molecule has 2 amide bonds. The Kier molecular flexibility index (Phi) is 5.20. The maximum atomic E-state index is 13.0. The van der Waals surface area contributed by atoms with E-state index < -0.39 is 11.8 Å². The van der Waals surface area contributed by atoms with Gasteiger partial charge in [-0.05, 0) is 66.7 Å². The van der Waals surface area contributed by atoms with E-state index in [4.69, 9.17) is 17.0 Å². The molecule has 0 aromatic heterocycles. The molecule has 0 unspecified atom stereocenters. The van der Waals surface area contributed by atoms with E-state index in [0.717, 1.165) is 15.6 Å². The number of thiocarbonyl (C=S) groups is 1. The molecule has 132 valence electrons. The average molecular weight is 431 g/mol. The third-order valence-electron chi connectivity index (χ3n) is 3.94. The number of benzene rings is 2. The molecule has 26 heavy (non-hydrogen) atoms. The Bertz CT molecular complexity index is 956. The second kappa shape index (κ2) is 7.39. The van der Waals surface area contributed by atoms with Crippen molar-refractivity contribution in [1.82, 2.24) is 5.32 Å². The van der Waals surface area contributed by atoms with Gasteiger partial charge in [0.15, 0.2) is 5.11 Å². The number of amides is 2. The molecule has 0 saturated carbocycles. The zero-order valence-electron chi connectivity index (χ0n) is 14.1. The number of nitrogens with one attached hydrogen (secondary N) is 1. The number of methoxy groups -OCH3 is 1. The van der Waals surface area contributed by atoms with Gasteiger partial charge in [0.25, 0.3) is 11.8 Å². The molecule has 5 nitrogen and oxygen atoms in total. The Morgan fingerprint density at radius 3 is 2.62 bits per heavy atom. The van der Waals surface area contributed by atoms with Crippen molar-refractivity contribution in [3.05, 3.63) is 63.6 Å². The van der Waals surface area contributed by atoms with Gasteiger partial charge < -0.3 is 4.74 Å². The van der Waals surface area contributed by atoms with Crippen LogP contribution in [0.25, 0.3) is 6.08 Å². The monoisotopic (exact) mass is 430 g/mol. The molecule has 0 atom stereocenters. The van der Waals surface area contributed by atoms with Crippen LogP contribution < -0.4 is 15.0 Å². The highest BCUT2D eigenvalue weighted by atomic mass is 79.9. The van der Waals surface area contributed by atoms with Crippen molar-refractivity contribution in [1.29, 1.82) is 0 Å². The molecule has 0 radical (unpaired) electrons. The second-order valence-corrected chi connectivity index (χ2v) is 6.96. The number of nitrogens with zero attached hydrogens (tertiary/aromatic N) is 1. The molecule has 1 fully saturated rings. The van der Waals surface area contributed by atoms with Crippen LogP contribution in [0.4, 0.5) is 5.69 Å². The van der Waals surface area contributed by atoms with Crippen molar-refractivity contribution in [2.75, 3.05) is 12.0 Å². The number of anilines is 1. The minimum absolute atomic E-state index is 0.0202. The summed E-state index contributed by atoms with van der Waals surface area (Å²) >= 11 is 8.57. The molecular weight excluding hydrogens is 416 g/mol. The number of hydrogen-bond donors (Lipinski definition) is 1. The number of hydrogen-bond acceptors (Lipinski definition) is 4. The molecule has 1 heterocycles. The van der Waals surface area contributed by atoms with E-state index in [2.05, 4.69) is 21.2 Å². The lowest BCUT2D eigenvalue weighted by molar-refractivity contribution is -0.122. The zero-order chi connectivity index (χ0) is 18.8. The highest BCUT2D eigenvalue weighted by Gasteiger charge is 2.34. The van der Waals surface area contributed by atoms with E-state index >= 15 is 0 Å². The number of carbonyl (C=O) groups excluding carboxylic acids is 2. The normalized spacial score (nSPS) is 16.0.